The van der Waals surface area contributed by atoms with Gasteiger partial charge in [0.15, 0.2) is 0 Å². The highest BCUT2D eigenvalue weighted by atomic mass is 16.5. The molecule has 1 aromatic rings. The first-order valence-electron chi connectivity index (χ1n) is 3.79. The molecule has 0 unspecified atom stereocenters. The second-order valence-electron chi connectivity index (χ2n) is 3.16. The Bertz CT molecular complexity index is 272. The molecule has 1 atom stereocenters. The molecular formula is C8H13NO2. The largest absolute Gasteiger partial charge is 0.357 e. The Hall–Kier alpha value is -0.990. The lowest BCUT2D eigenvalue weighted by Gasteiger charge is -2.11. The topological polar surface area (TPSA) is 46.0 Å². The molecule has 1 N–H and O–H groups in total. The zero-order valence-corrected chi connectivity index (χ0v) is 7.05. The molecule has 0 amide bonds. The standard InChI is InChI=1S/C8H13NO2/c1-5(2)6(3)7-4-8(10)11-9-7/h4-6,9H,1-3H3/t6-/m0/s1. The van der Waals surface area contributed by atoms with E-state index < -0.39 is 0 Å². The zero-order valence-electron chi connectivity index (χ0n) is 7.05. The molecule has 0 fully saturated rings. The smallest absolute Gasteiger partial charge is 0.339 e. The molecule has 0 aliphatic carbocycles. The van der Waals surface area contributed by atoms with Crippen LogP contribution in [0.15, 0.2) is 15.4 Å². The van der Waals surface area contributed by atoms with E-state index in [2.05, 4.69) is 30.5 Å². The molecule has 1 heterocycles. The van der Waals surface area contributed by atoms with Gasteiger partial charge in [-0.3, -0.25) is 0 Å². The van der Waals surface area contributed by atoms with Crippen LogP contribution in [0.4, 0.5) is 0 Å². The van der Waals surface area contributed by atoms with Crippen LogP contribution >= 0.6 is 0 Å². The van der Waals surface area contributed by atoms with Gasteiger partial charge >= 0.3 is 5.63 Å². The Morgan fingerprint density at radius 3 is 2.45 bits per heavy atom. The quantitative estimate of drug-likeness (QED) is 0.706. The molecule has 3 heteroatoms. The highest BCUT2D eigenvalue weighted by Crippen LogP contribution is 2.19. The van der Waals surface area contributed by atoms with Crippen molar-refractivity contribution in [2.24, 2.45) is 5.92 Å². The van der Waals surface area contributed by atoms with E-state index in [0.29, 0.717) is 11.8 Å². The number of rotatable bonds is 2. The Balaban J connectivity index is 2.84. The van der Waals surface area contributed by atoms with Gasteiger partial charge in [-0.15, -0.1) is 0 Å². The number of aromatic amines is 1. The van der Waals surface area contributed by atoms with Gasteiger partial charge in [0, 0.05) is 12.0 Å². The molecule has 0 saturated carbocycles. The van der Waals surface area contributed by atoms with Gasteiger partial charge in [-0.05, 0) is 5.92 Å². The summed E-state index contributed by atoms with van der Waals surface area (Å²) in [5.74, 6) is 0.865. The fourth-order valence-electron chi connectivity index (χ4n) is 0.879. The lowest BCUT2D eigenvalue weighted by Crippen LogP contribution is -2.02. The fourth-order valence-corrected chi connectivity index (χ4v) is 0.879. The van der Waals surface area contributed by atoms with Crippen LogP contribution in [0.1, 0.15) is 32.4 Å². The summed E-state index contributed by atoms with van der Waals surface area (Å²) in [4.78, 5) is 10.6. The van der Waals surface area contributed by atoms with Crippen molar-refractivity contribution < 1.29 is 4.52 Å². The predicted octanol–water partition coefficient (Wildman–Crippen LogP) is 1.73. The second-order valence-corrected chi connectivity index (χ2v) is 3.16. The molecule has 1 rings (SSSR count). The van der Waals surface area contributed by atoms with Crippen molar-refractivity contribution in [2.45, 2.75) is 26.7 Å². The second kappa shape index (κ2) is 2.95. The van der Waals surface area contributed by atoms with Crippen molar-refractivity contribution in [3.63, 3.8) is 0 Å². The van der Waals surface area contributed by atoms with E-state index in [4.69, 9.17) is 0 Å². The van der Waals surface area contributed by atoms with Crippen LogP contribution in [0.5, 0.6) is 0 Å². The minimum Gasteiger partial charge on any atom is -0.339 e. The van der Waals surface area contributed by atoms with Gasteiger partial charge in [0.1, 0.15) is 0 Å². The fraction of sp³-hybridized carbons (Fsp3) is 0.625. The molecule has 0 aliphatic heterocycles. The highest BCUT2D eigenvalue weighted by Gasteiger charge is 2.12. The van der Waals surface area contributed by atoms with Crippen molar-refractivity contribution in [1.29, 1.82) is 0 Å². The maximum Gasteiger partial charge on any atom is 0.357 e. The minimum absolute atomic E-state index is 0.299. The van der Waals surface area contributed by atoms with Gasteiger partial charge in [-0.25, -0.2) is 9.95 Å². The molecule has 0 aromatic carbocycles. The predicted molar refractivity (Wildman–Crippen MR) is 42.6 cm³/mol. The summed E-state index contributed by atoms with van der Waals surface area (Å²) < 4.78 is 4.56. The first kappa shape index (κ1) is 8.11. The minimum atomic E-state index is -0.299. The summed E-state index contributed by atoms with van der Waals surface area (Å²) >= 11 is 0. The SMILES string of the molecule is CC(C)[C@H](C)c1cc(=O)o[nH]1. The van der Waals surface area contributed by atoms with E-state index in [1.54, 1.807) is 0 Å². The van der Waals surface area contributed by atoms with E-state index in [0.717, 1.165) is 5.69 Å². The van der Waals surface area contributed by atoms with Gasteiger partial charge in [0.25, 0.3) is 0 Å². The van der Waals surface area contributed by atoms with Crippen molar-refractivity contribution in [3.8, 4) is 0 Å². The van der Waals surface area contributed by atoms with Crippen molar-refractivity contribution in [1.82, 2.24) is 5.16 Å². The summed E-state index contributed by atoms with van der Waals surface area (Å²) in [5, 5.41) is 2.60. The van der Waals surface area contributed by atoms with E-state index in [1.165, 1.54) is 6.07 Å². The molecule has 11 heavy (non-hydrogen) atoms. The molecule has 0 saturated heterocycles. The Kier molecular flexibility index (Phi) is 2.17. The summed E-state index contributed by atoms with van der Waals surface area (Å²) in [5.41, 5.74) is 0.581. The van der Waals surface area contributed by atoms with Crippen LogP contribution in [0.2, 0.25) is 0 Å². The maximum atomic E-state index is 10.6. The molecule has 0 spiro atoms. The molecular weight excluding hydrogens is 142 g/mol. The number of aromatic nitrogens is 1. The van der Waals surface area contributed by atoms with Crippen molar-refractivity contribution in [3.05, 3.63) is 22.2 Å². The van der Waals surface area contributed by atoms with Crippen LogP contribution in [-0.4, -0.2) is 5.16 Å². The lowest BCUT2D eigenvalue weighted by atomic mass is 9.95. The molecule has 0 radical (unpaired) electrons. The third-order valence-corrected chi connectivity index (χ3v) is 2.03. The molecule has 62 valence electrons. The average molecular weight is 155 g/mol. The number of hydrogen-bond donors (Lipinski definition) is 1. The Labute approximate surface area is 65.4 Å². The molecule has 0 aliphatic rings. The number of H-pyrrole nitrogens is 1. The van der Waals surface area contributed by atoms with Gasteiger partial charge in [-0.2, -0.15) is 0 Å². The van der Waals surface area contributed by atoms with Crippen LogP contribution in [0, 0.1) is 5.92 Å². The Morgan fingerprint density at radius 2 is 2.09 bits per heavy atom. The normalized spacial score (nSPS) is 13.8. The molecule has 0 bridgehead atoms. The Morgan fingerprint density at radius 1 is 1.45 bits per heavy atom. The molecule has 3 nitrogen and oxygen atoms in total. The number of nitrogens with one attached hydrogen (secondary N) is 1. The zero-order chi connectivity index (χ0) is 8.43. The summed E-state index contributed by atoms with van der Waals surface area (Å²) in [6, 6.07) is 1.50. The third-order valence-electron chi connectivity index (χ3n) is 2.03. The van der Waals surface area contributed by atoms with Crippen LogP contribution in [-0.2, 0) is 0 Å². The first-order valence-corrected chi connectivity index (χ1v) is 3.79. The highest BCUT2D eigenvalue weighted by molar-refractivity contribution is 5.03. The third kappa shape index (κ3) is 1.73. The van der Waals surface area contributed by atoms with E-state index >= 15 is 0 Å². The van der Waals surface area contributed by atoms with Crippen molar-refractivity contribution in [2.75, 3.05) is 0 Å². The maximum absolute atomic E-state index is 10.6. The first-order chi connectivity index (χ1) is 5.11. The van der Waals surface area contributed by atoms with Crippen LogP contribution in [0.3, 0.4) is 0 Å². The van der Waals surface area contributed by atoms with Gasteiger partial charge in [-0.1, -0.05) is 20.8 Å². The van der Waals surface area contributed by atoms with Crippen LogP contribution < -0.4 is 5.63 Å². The average Bonchev–Trinajstić information content (AvgIpc) is 2.34. The number of hydrogen-bond acceptors (Lipinski definition) is 2. The van der Waals surface area contributed by atoms with Gasteiger partial charge in [0.05, 0.1) is 5.69 Å². The van der Waals surface area contributed by atoms with E-state index in [-0.39, 0.29) is 5.63 Å². The van der Waals surface area contributed by atoms with Crippen LogP contribution in [0.25, 0.3) is 0 Å². The summed E-state index contributed by atoms with van der Waals surface area (Å²) in [6.45, 7) is 6.28. The summed E-state index contributed by atoms with van der Waals surface area (Å²) in [7, 11) is 0. The van der Waals surface area contributed by atoms with Crippen molar-refractivity contribution >= 4 is 0 Å². The van der Waals surface area contributed by atoms with E-state index in [9.17, 15) is 4.79 Å². The summed E-state index contributed by atoms with van der Waals surface area (Å²) in [6.07, 6.45) is 0. The van der Waals surface area contributed by atoms with Gasteiger partial charge < -0.3 is 4.52 Å². The lowest BCUT2D eigenvalue weighted by molar-refractivity contribution is 0.373. The van der Waals surface area contributed by atoms with E-state index in [1.807, 2.05) is 0 Å². The molecule has 1 aromatic heterocycles. The monoisotopic (exact) mass is 155 g/mol. The van der Waals surface area contributed by atoms with Gasteiger partial charge in [0.2, 0.25) is 0 Å².